The quantitative estimate of drug-likeness (QED) is 0.453. The average Bonchev–Trinajstić information content (AvgIpc) is 3.39. The highest BCUT2D eigenvalue weighted by Gasteiger charge is 2.22. The first-order chi connectivity index (χ1) is 15.7. The molecule has 32 heavy (non-hydrogen) atoms. The molecule has 0 bridgehead atoms. The Labute approximate surface area is 185 Å². The van der Waals surface area contributed by atoms with E-state index in [1.807, 2.05) is 28.8 Å². The number of hydrogen-bond acceptors (Lipinski definition) is 6. The summed E-state index contributed by atoms with van der Waals surface area (Å²) in [5, 5.41) is 0. The number of halogens is 1. The number of H-pyrrole nitrogens is 1. The maximum Gasteiger partial charge on any atom is 0.305 e. The van der Waals surface area contributed by atoms with Crippen LogP contribution in [0.2, 0.25) is 0 Å². The van der Waals surface area contributed by atoms with E-state index < -0.39 is 0 Å². The number of fused-ring (bicyclic) bond motifs is 2. The van der Waals surface area contributed by atoms with Crippen LogP contribution < -0.4 is 9.77 Å². The number of benzene rings is 2. The predicted octanol–water partition coefficient (Wildman–Crippen LogP) is 3.94. The van der Waals surface area contributed by atoms with Crippen molar-refractivity contribution < 1.29 is 9.13 Å². The summed E-state index contributed by atoms with van der Waals surface area (Å²) in [6.07, 6.45) is 3.66. The first-order valence-electron chi connectivity index (χ1n) is 10.3. The minimum absolute atomic E-state index is 0.0900. The van der Waals surface area contributed by atoms with Crippen LogP contribution in [0.4, 0.5) is 10.2 Å². The zero-order valence-electron chi connectivity index (χ0n) is 16.9. The van der Waals surface area contributed by atoms with Crippen molar-refractivity contribution in [3.05, 3.63) is 70.3 Å². The van der Waals surface area contributed by atoms with Crippen LogP contribution in [-0.4, -0.2) is 45.7 Å². The van der Waals surface area contributed by atoms with Gasteiger partial charge in [-0.15, -0.1) is 0 Å². The van der Waals surface area contributed by atoms with Crippen LogP contribution in [0.5, 0.6) is 0 Å². The molecule has 0 spiro atoms. The Balaban J connectivity index is 1.62. The Morgan fingerprint density at radius 2 is 1.84 bits per heavy atom. The molecule has 9 heteroatoms. The van der Waals surface area contributed by atoms with Crippen LogP contribution in [0.1, 0.15) is 0 Å². The number of hydrogen-bond donors (Lipinski definition) is 1. The lowest BCUT2D eigenvalue weighted by molar-refractivity contribution is 0.122. The monoisotopic (exact) mass is 447 g/mol. The van der Waals surface area contributed by atoms with Gasteiger partial charge in [0.1, 0.15) is 5.82 Å². The molecule has 3 aromatic heterocycles. The molecule has 1 aliphatic rings. The standard InChI is InChI=1S/C23H18FN5O2S/c24-16-4-1-14(2-5-16)19-20(15-3-6-17-18(13-15)32-23(30)26-17)29-8-7-25-21(22(29)27-19)28-9-11-31-12-10-28/h1-8,13H,9-12H2,(H,26,30). The van der Waals surface area contributed by atoms with Gasteiger partial charge in [0, 0.05) is 36.6 Å². The van der Waals surface area contributed by atoms with Gasteiger partial charge in [0.25, 0.3) is 0 Å². The van der Waals surface area contributed by atoms with Gasteiger partial charge < -0.3 is 14.6 Å². The highest BCUT2D eigenvalue weighted by atomic mass is 32.1. The van der Waals surface area contributed by atoms with E-state index in [1.165, 1.54) is 23.5 Å². The number of anilines is 1. The van der Waals surface area contributed by atoms with Crippen molar-refractivity contribution in [3.8, 4) is 22.5 Å². The third-order valence-corrected chi connectivity index (χ3v) is 6.49. The number of morpholine rings is 1. The Morgan fingerprint density at radius 1 is 1.06 bits per heavy atom. The fourth-order valence-electron chi connectivity index (χ4n) is 4.14. The molecule has 0 saturated carbocycles. The van der Waals surface area contributed by atoms with Crippen molar-refractivity contribution in [2.24, 2.45) is 0 Å². The molecule has 5 aromatic rings. The summed E-state index contributed by atoms with van der Waals surface area (Å²) >= 11 is 1.17. The van der Waals surface area contributed by atoms with Gasteiger partial charge >= 0.3 is 4.87 Å². The van der Waals surface area contributed by atoms with Gasteiger partial charge in [-0.1, -0.05) is 17.4 Å². The van der Waals surface area contributed by atoms with Crippen molar-refractivity contribution >= 4 is 33.0 Å². The summed E-state index contributed by atoms with van der Waals surface area (Å²) < 4.78 is 22.0. The number of aromatic nitrogens is 4. The lowest BCUT2D eigenvalue weighted by atomic mass is 10.0. The third-order valence-electron chi connectivity index (χ3n) is 5.65. The van der Waals surface area contributed by atoms with Crippen LogP contribution in [0.15, 0.2) is 59.7 Å². The van der Waals surface area contributed by atoms with E-state index in [0.717, 1.165) is 57.3 Å². The number of aromatic amines is 1. The Kier molecular flexibility index (Phi) is 4.51. The summed E-state index contributed by atoms with van der Waals surface area (Å²) in [5.74, 6) is 0.492. The smallest absolute Gasteiger partial charge is 0.305 e. The van der Waals surface area contributed by atoms with E-state index in [0.29, 0.717) is 13.2 Å². The van der Waals surface area contributed by atoms with E-state index in [4.69, 9.17) is 9.72 Å². The first-order valence-corrected chi connectivity index (χ1v) is 11.1. The molecule has 0 unspecified atom stereocenters. The topological polar surface area (TPSA) is 75.5 Å². The van der Waals surface area contributed by atoms with Gasteiger partial charge in [-0.2, -0.15) is 0 Å². The predicted molar refractivity (Wildman–Crippen MR) is 123 cm³/mol. The van der Waals surface area contributed by atoms with Gasteiger partial charge in [0.05, 0.1) is 34.8 Å². The van der Waals surface area contributed by atoms with Gasteiger partial charge in [0.15, 0.2) is 11.5 Å². The Hall–Kier alpha value is -3.56. The second kappa shape index (κ2) is 7.54. The van der Waals surface area contributed by atoms with Crippen LogP contribution in [-0.2, 0) is 4.74 Å². The average molecular weight is 447 g/mol. The molecule has 1 fully saturated rings. The van der Waals surface area contributed by atoms with Gasteiger partial charge in [-0.25, -0.2) is 14.4 Å². The molecule has 1 aliphatic heterocycles. The molecule has 0 aliphatic carbocycles. The minimum atomic E-state index is -0.298. The van der Waals surface area contributed by atoms with Crippen molar-refractivity contribution in [3.63, 3.8) is 0 Å². The molecule has 0 radical (unpaired) electrons. The van der Waals surface area contributed by atoms with E-state index in [1.54, 1.807) is 18.3 Å². The maximum atomic E-state index is 13.6. The molecule has 1 saturated heterocycles. The lowest BCUT2D eigenvalue weighted by Crippen LogP contribution is -2.37. The fourth-order valence-corrected chi connectivity index (χ4v) is 4.92. The van der Waals surface area contributed by atoms with Crippen molar-refractivity contribution in [2.75, 3.05) is 31.2 Å². The van der Waals surface area contributed by atoms with Crippen LogP contribution >= 0.6 is 11.3 Å². The van der Waals surface area contributed by atoms with Crippen LogP contribution in [0.25, 0.3) is 38.4 Å². The molecule has 160 valence electrons. The fraction of sp³-hybridized carbons (Fsp3) is 0.174. The lowest BCUT2D eigenvalue weighted by Gasteiger charge is -2.27. The van der Waals surface area contributed by atoms with Gasteiger partial charge in [-0.3, -0.25) is 9.20 Å². The Morgan fingerprint density at radius 3 is 2.66 bits per heavy atom. The van der Waals surface area contributed by atoms with E-state index in [2.05, 4.69) is 14.9 Å². The maximum absolute atomic E-state index is 13.6. The van der Waals surface area contributed by atoms with Crippen LogP contribution in [0, 0.1) is 5.82 Å². The summed E-state index contributed by atoms with van der Waals surface area (Å²) in [5.41, 5.74) is 4.85. The van der Waals surface area contributed by atoms with Gasteiger partial charge in [0.2, 0.25) is 0 Å². The molecular formula is C23H18FN5O2S. The number of thiazole rings is 1. The molecule has 4 heterocycles. The molecule has 7 nitrogen and oxygen atoms in total. The van der Waals surface area contributed by atoms with Crippen LogP contribution in [0.3, 0.4) is 0 Å². The van der Waals surface area contributed by atoms with Crippen molar-refractivity contribution in [1.29, 1.82) is 0 Å². The summed E-state index contributed by atoms with van der Waals surface area (Å²) in [4.78, 5) is 26.4. The van der Waals surface area contributed by atoms with E-state index >= 15 is 0 Å². The number of ether oxygens (including phenoxy) is 1. The second-order valence-electron chi connectivity index (χ2n) is 7.59. The molecule has 2 aromatic carbocycles. The molecule has 0 atom stereocenters. The highest BCUT2D eigenvalue weighted by Crippen LogP contribution is 2.36. The molecule has 1 N–H and O–H groups in total. The third kappa shape index (κ3) is 3.17. The highest BCUT2D eigenvalue weighted by molar-refractivity contribution is 7.16. The largest absolute Gasteiger partial charge is 0.378 e. The molecule has 0 amide bonds. The Bertz CT molecular complexity index is 1500. The SMILES string of the molecule is O=c1[nH]c2ccc(-c3c(-c4ccc(F)cc4)nc4c(N5CCOCC5)nccn34)cc2s1. The number of rotatable bonds is 3. The number of imidazole rings is 1. The summed E-state index contributed by atoms with van der Waals surface area (Å²) in [7, 11) is 0. The normalized spacial score (nSPS) is 14.5. The number of nitrogens with one attached hydrogen (secondary N) is 1. The van der Waals surface area contributed by atoms with E-state index in [9.17, 15) is 9.18 Å². The zero-order valence-corrected chi connectivity index (χ0v) is 17.7. The number of nitrogens with zero attached hydrogens (tertiary/aromatic N) is 4. The van der Waals surface area contributed by atoms with Crippen molar-refractivity contribution in [2.45, 2.75) is 0 Å². The first kappa shape index (κ1) is 19.1. The van der Waals surface area contributed by atoms with Gasteiger partial charge in [-0.05, 0) is 36.4 Å². The van der Waals surface area contributed by atoms with E-state index in [-0.39, 0.29) is 10.7 Å². The summed E-state index contributed by atoms with van der Waals surface area (Å²) in [6, 6.07) is 12.2. The second-order valence-corrected chi connectivity index (χ2v) is 8.60. The zero-order chi connectivity index (χ0) is 21.7. The summed E-state index contributed by atoms with van der Waals surface area (Å²) in [6.45, 7) is 2.77. The van der Waals surface area contributed by atoms with Crippen molar-refractivity contribution in [1.82, 2.24) is 19.4 Å². The molecule has 6 rings (SSSR count). The molecular weight excluding hydrogens is 429 g/mol. The minimum Gasteiger partial charge on any atom is -0.378 e.